The van der Waals surface area contributed by atoms with E-state index < -0.39 is 12.1 Å². The summed E-state index contributed by atoms with van der Waals surface area (Å²) >= 11 is 6.06. The number of halogens is 1. The summed E-state index contributed by atoms with van der Waals surface area (Å²) < 4.78 is 11.2. The molecule has 2 N–H and O–H groups in total. The maximum absolute atomic E-state index is 12.8. The molecule has 0 saturated carbocycles. The summed E-state index contributed by atoms with van der Waals surface area (Å²) in [4.78, 5) is 12.8. The van der Waals surface area contributed by atoms with Crippen molar-refractivity contribution >= 4 is 23.3 Å². The monoisotopic (exact) mass is 434 g/mol. The largest absolute Gasteiger partial charge is 0.495 e. The average Bonchev–Trinajstić information content (AvgIpc) is 3.29. The number of nitrogens with one attached hydrogen (secondary N) is 2. The summed E-state index contributed by atoms with van der Waals surface area (Å²) in [5.41, 5.74) is 2.02. The van der Waals surface area contributed by atoms with Gasteiger partial charge >= 0.3 is 6.03 Å². The first-order valence-corrected chi connectivity index (χ1v) is 9.86. The molecule has 4 rings (SSSR count). The highest BCUT2D eigenvalue weighted by atomic mass is 35.5. The number of carbonyl (C=O) groups is 1. The van der Waals surface area contributed by atoms with Gasteiger partial charge in [0.05, 0.1) is 12.8 Å². The Balaban J connectivity index is 1.60. The highest BCUT2D eigenvalue weighted by Crippen LogP contribution is 2.29. The Kier molecular flexibility index (Phi) is 6.14. The van der Waals surface area contributed by atoms with Crippen molar-refractivity contribution in [3.63, 3.8) is 0 Å². The average molecular weight is 435 g/mol. The number of hydrogen-bond acceptors (Lipinski definition) is 5. The lowest BCUT2D eigenvalue weighted by Gasteiger charge is -2.17. The van der Waals surface area contributed by atoms with E-state index in [1.165, 1.54) is 7.11 Å². The topological polar surface area (TPSA) is 89.3 Å². The molecule has 0 fully saturated rings. The summed E-state index contributed by atoms with van der Waals surface area (Å²) in [7, 11) is 1.52. The van der Waals surface area contributed by atoms with E-state index in [-0.39, 0.29) is 5.89 Å². The van der Waals surface area contributed by atoms with Crippen LogP contribution in [0, 0.1) is 0 Å². The first-order valence-electron chi connectivity index (χ1n) is 9.49. The molecular weight excluding hydrogens is 416 g/mol. The lowest BCUT2D eigenvalue weighted by molar-refractivity contribution is 0.248. The molecule has 0 aliphatic heterocycles. The van der Waals surface area contributed by atoms with Gasteiger partial charge in [-0.3, -0.25) is 0 Å². The third kappa shape index (κ3) is 4.84. The predicted octanol–water partition coefficient (Wildman–Crippen LogP) is 5.31. The van der Waals surface area contributed by atoms with E-state index in [2.05, 4.69) is 20.8 Å². The van der Waals surface area contributed by atoms with Crippen molar-refractivity contribution in [1.82, 2.24) is 15.5 Å². The molecule has 1 aromatic heterocycles. The number of urea groups is 1. The van der Waals surface area contributed by atoms with Crippen LogP contribution in [0.25, 0.3) is 11.5 Å². The second-order valence-electron chi connectivity index (χ2n) is 6.60. The summed E-state index contributed by atoms with van der Waals surface area (Å²) in [6.07, 6.45) is 0. The first-order chi connectivity index (χ1) is 15.1. The van der Waals surface area contributed by atoms with Crippen molar-refractivity contribution in [2.24, 2.45) is 0 Å². The number of aromatic nitrogens is 2. The van der Waals surface area contributed by atoms with Crippen molar-refractivity contribution in [1.29, 1.82) is 0 Å². The van der Waals surface area contributed by atoms with Gasteiger partial charge in [0.1, 0.15) is 11.8 Å². The number of anilines is 1. The molecule has 3 aromatic carbocycles. The van der Waals surface area contributed by atoms with Gasteiger partial charge in [0, 0.05) is 10.6 Å². The van der Waals surface area contributed by atoms with Crippen LogP contribution >= 0.6 is 11.6 Å². The molecule has 0 saturated heterocycles. The zero-order chi connectivity index (χ0) is 21.6. The fourth-order valence-electron chi connectivity index (χ4n) is 3.05. The van der Waals surface area contributed by atoms with Crippen LogP contribution in [-0.4, -0.2) is 23.3 Å². The first kappa shape index (κ1) is 20.4. The molecule has 0 spiro atoms. The van der Waals surface area contributed by atoms with Gasteiger partial charge in [-0.15, -0.1) is 10.2 Å². The van der Waals surface area contributed by atoms with Crippen LogP contribution < -0.4 is 15.4 Å². The fraction of sp³-hybridized carbons (Fsp3) is 0.0870. The number of methoxy groups -OCH3 is 1. The van der Waals surface area contributed by atoms with Crippen LogP contribution in [0.4, 0.5) is 10.5 Å². The Morgan fingerprint density at radius 1 is 1.00 bits per heavy atom. The molecule has 1 unspecified atom stereocenters. The number of hydrogen-bond donors (Lipinski definition) is 2. The van der Waals surface area contributed by atoms with E-state index in [0.29, 0.717) is 22.4 Å². The van der Waals surface area contributed by atoms with E-state index in [1.54, 1.807) is 18.2 Å². The Morgan fingerprint density at radius 2 is 1.71 bits per heavy atom. The maximum Gasteiger partial charge on any atom is 0.320 e. The minimum atomic E-state index is -0.656. The molecule has 1 heterocycles. The number of ether oxygens (including phenoxy) is 1. The summed E-state index contributed by atoms with van der Waals surface area (Å²) in [5, 5.41) is 14.4. The Labute approximate surface area is 184 Å². The minimum Gasteiger partial charge on any atom is -0.495 e. The molecule has 7 nitrogen and oxygen atoms in total. The van der Waals surface area contributed by atoms with Gasteiger partial charge in [0.15, 0.2) is 0 Å². The van der Waals surface area contributed by atoms with Crippen molar-refractivity contribution in [3.8, 4) is 17.2 Å². The van der Waals surface area contributed by atoms with Gasteiger partial charge in [0.2, 0.25) is 11.8 Å². The molecule has 0 aliphatic rings. The molecule has 0 aliphatic carbocycles. The van der Waals surface area contributed by atoms with Crippen molar-refractivity contribution in [2.45, 2.75) is 6.04 Å². The zero-order valence-corrected chi connectivity index (χ0v) is 17.3. The van der Waals surface area contributed by atoms with Gasteiger partial charge in [-0.1, -0.05) is 60.1 Å². The van der Waals surface area contributed by atoms with Crippen LogP contribution in [-0.2, 0) is 0 Å². The van der Waals surface area contributed by atoms with E-state index >= 15 is 0 Å². The standard InChI is InChI=1S/C23H19ClN4O3/c1-30-19-13-12-17(24)14-18(19)25-23(29)26-20(15-8-4-2-5-9-15)22-28-27-21(31-22)16-10-6-3-7-11-16/h2-14,20H,1H3,(H2,25,26,29). The summed E-state index contributed by atoms with van der Waals surface area (Å²) in [6, 6.07) is 22.6. The number of nitrogens with zero attached hydrogens (tertiary/aromatic N) is 2. The quantitative estimate of drug-likeness (QED) is 0.429. The summed E-state index contributed by atoms with van der Waals surface area (Å²) in [6.45, 7) is 0. The smallest absolute Gasteiger partial charge is 0.320 e. The third-order valence-electron chi connectivity index (χ3n) is 4.53. The minimum absolute atomic E-state index is 0.262. The highest BCUT2D eigenvalue weighted by molar-refractivity contribution is 6.31. The summed E-state index contributed by atoms with van der Waals surface area (Å²) in [5.74, 6) is 1.12. The Hall–Kier alpha value is -3.84. The third-order valence-corrected chi connectivity index (χ3v) is 4.76. The molecule has 0 bridgehead atoms. The predicted molar refractivity (Wildman–Crippen MR) is 118 cm³/mol. The van der Waals surface area contributed by atoms with Crippen LogP contribution in [0.1, 0.15) is 17.5 Å². The fourth-order valence-corrected chi connectivity index (χ4v) is 3.22. The maximum atomic E-state index is 12.8. The SMILES string of the molecule is COc1ccc(Cl)cc1NC(=O)NC(c1ccccc1)c1nnc(-c2ccccc2)o1. The van der Waals surface area contributed by atoms with Crippen LogP contribution in [0.15, 0.2) is 83.3 Å². The highest BCUT2D eigenvalue weighted by Gasteiger charge is 2.24. The zero-order valence-electron chi connectivity index (χ0n) is 16.6. The van der Waals surface area contributed by atoms with E-state index in [1.807, 2.05) is 60.7 Å². The molecule has 2 amide bonds. The van der Waals surface area contributed by atoms with E-state index in [0.717, 1.165) is 11.1 Å². The Morgan fingerprint density at radius 3 is 2.42 bits per heavy atom. The van der Waals surface area contributed by atoms with Gasteiger partial charge < -0.3 is 19.8 Å². The second-order valence-corrected chi connectivity index (χ2v) is 7.03. The number of carbonyl (C=O) groups excluding carboxylic acids is 1. The molecule has 8 heteroatoms. The molecule has 0 radical (unpaired) electrons. The molecule has 1 atom stereocenters. The second kappa shape index (κ2) is 9.32. The van der Waals surface area contributed by atoms with Crippen LogP contribution in [0.3, 0.4) is 0 Å². The normalized spacial score (nSPS) is 11.5. The molecule has 4 aromatic rings. The number of amides is 2. The van der Waals surface area contributed by atoms with Gasteiger partial charge in [-0.2, -0.15) is 0 Å². The van der Waals surface area contributed by atoms with E-state index in [9.17, 15) is 4.79 Å². The molecule has 156 valence electrons. The number of rotatable bonds is 6. The molecule has 31 heavy (non-hydrogen) atoms. The lowest BCUT2D eigenvalue weighted by Crippen LogP contribution is -2.33. The van der Waals surface area contributed by atoms with Crippen molar-refractivity contribution in [2.75, 3.05) is 12.4 Å². The van der Waals surface area contributed by atoms with Gasteiger partial charge in [-0.25, -0.2) is 4.79 Å². The lowest BCUT2D eigenvalue weighted by atomic mass is 10.1. The van der Waals surface area contributed by atoms with Gasteiger partial charge in [0.25, 0.3) is 0 Å². The van der Waals surface area contributed by atoms with Crippen LogP contribution in [0.5, 0.6) is 5.75 Å². The van der Waals surface area contributed by atoms with Crippen LogP contribution in [0.2, 0.25) is 5.02 Å². The number of benzene rings is 3. The molecular formula is C23H19ClN4O3. The van der Waals surface area contributed by atoms with Gasteiger partial charge in [-0.05, 0) is 35.9 Å². The van der Waals surface area contributed by atoms with Crippen molar-refractivity contribution < 1.29 is 13.9 Å². The Bertz CT molecular complexity index is 1170. The van der Waals surface area contributed by atoms with E-state index in [4.69, 9.17) is 20.8 Å². The van der Waals surface area contributed by atoms with Crippen molar-refractivity contribution in [3.05, 3.63) is 95.3 Å².